The van der Waals surface area contributed by atoms with E-state index in [1.807, 2.05) is 30.3 Å². The number of ketones is 1. The summed E-state index contributed by atoms with van der Waals surface area (Å²) in [5.74, 6) is -0.178. The van der Waals surface area contributed by atoms with E-state index < -0.39 is 11.4 Å². The Balaban J connectivity index is 1.37. The first kappa shape index (κ1) is 17.5. The van der Waals surface area contributed by atoms with Crippen LogP contribution in [0.2, 0.25) is 0 Å². The second-order valence-electron chi connectivity index (χ2n) is 7.05. The van der Waals surface area contributed by atoms with Crippen LogP contribution in [0.25, 0.3) is 0 Å². The van der Waals surface area contributed by atoms with Gasteiger partial charge in [0.1, 0.15) is 23.8 Å². The third-order valence-electron chi connectivity index (χ3n) is 5.19. The molecular formula is C21H20FNO4. The Hall–Kier alpha value is -2.89. The summed E-state index contributed by atoms with van der Waals surface area (Å²) in [4.78, 5) is 26.4. The molecule has 5 nitrogen and oxygen atoms in total. The number of nitrogens with zero attached hydrogens (tertiary/aromatic N) is 1. The lowest BCUT2D eigenvalue weighted by Gasteiger charge is -2.43. The van der Waals surface area contributed by atoms with Crippen molar-refractivity contribution in [2.45, 2.75) is 31.5 Å². The van der Waals surface area contributed by atoms with Crippen molar-refractivity contribution in [1.29, 1.82) is 0 Å². The molecule has 1 amide bonds. The van der Waals surface area contributed by atoms with Crippen molar-refractivity contribution in [3.63, 3.8) is 0 Å². The van der Waals surface area contributed by atoms with Gasteiger partial charge in [0.25, 0.3) is 0 Å². The van der Waals surface area contributed by atoms with Crippen LogP contribution >= 0.6 is 0 Å². The summed E-state index contributed by atoms with van der Waals surface area (Å²) in [6.45, 7) is 1.10. The molecule has 0 bridgehead atoms. The van der Waals surface area contributed by atoms with Crippen LogP contribution in [0.1, 0.15) is 35.2 Å². The molecular weight excluding hydrogens is 349 g/mol. The summed E-state index contributed by atoms with van der Waals surface area (Å²) < 4.78 is 24.9. The molecule has 1 spiro atoms. The van der Waals surface area contributed by atoms with Crippen LogP contribution < -0.4 is 4.74 Å². The molecule has 2 aliphatic heterocycles. The van der Waals surface area contributed by atoms with Crippen molar-refractivity contribution in [1.82, 2.24) is 4.90 Å². The van der Waals surface area contributed by atoms with E-state index in [1.54, 1.807) is 4.90 Å². The van der Waals surface area contributed by atoms with E-state index in [1.165, 1.54) is 18.2 Å². The van der Waals surface area contributed by atoms with Gasteiger partial charge >= 0.3 is 6.09 Å². The molecule has 1 fully saturated rings. The van der Waals surface area contributed by atoms with E-state index in [4.69, 9.17) is 9.47 Å². The third kappa shape index (κ3) is 3.65. The van der Waals surface area contributed by atoms with Crippen LogP contribution in [0, 0.1) is 5.82 Å². The van der Waals surface area contributed by atoms with E-state index in [9.17, 15) is 14.0 Å². The highest BCUT2D eigenvalue weighted by atomic mass is 19.1. The van der Waals surface area contributed by atoms with Gasteiger partial charge in [0, 0.05) is 32.0 Å². The average molecular weight is 369 g/mol. The molecule has 2 aromatic rings. The van der Waals surface area contributed by atoms with Gasteiger partial charge in [0.05, 0.1) is 12.0 Å². The number of carbonyl (C=O) groups is 2. The molecule has 0 aliphatic carbocycles. The first-order chi connectivity index (χ1) is 13.0. The Morgan fingerprint density at radius 3 is 2.63 bits per heavy atom. The first-order valence-electron chi connectivity index (χ1n) is 9.02. The highest BCUT2D eigenvalue weighted by Gasteiger charge is 2.44. The monoisotopic (exact) mass is 369 g/mol. The molecule has 27 heavy (non-hydrogen) atoms. The van der Waals surface area contributed by atoms with Crippen molar-refractivity contribution in [2.24, 2.45) is 0 Å². The summed E-state index contributed by atoms with van der Waals surface area (Å²) in [5.41, 5.74) is 0.680. The molecule has 2 aliphatic rings. The number of likely N-dealkylation sites (tertiary alicyclic amines) is 1. The topological polar surface area (TPSA) is 55.8 Å². The van der Waals surface area contributed by atoms with Crippen LogP contribution in [0.15, 0.2) is 48.5 Å². The summed E-state index contributed by atoms with van der Waals surface area (Å²) in [6, 6.07) is 13.5. The molecule has 0 atom stereocenters. The number of hydrogen-bond acceptors (Lipinski definition) is 4. The minimum atomic E-state index is -0.673. The minimum Gasteiger partial charge on any atom is -0.486 e. The number of fused-ring (bicyclic) bond motifs is 1. The Morgan fingerprint density at radius 2 is 1.89 bits per heavy atom. The zero-order valence-corrected chi connectivity index (χ0v) is 14.8. The Labute approximate surface area is 156 Å². The Morgan fingerprint density at radius 1 is 1.15 bits per heavy atom. The number of rotatable bonds is 2. The molecule has 140 valence electrons. The molecule has 2 heterocycles. The van der Waals surface area contributed by atoms with Gasteiger partial charge in [-0.05, 0) is 17.7 Å². The Bertz CT molecular complexity index is 860. The standard InChI is InChI=1S/C21H20FNO4/c22-16-6-7-17-18(24)13-21(27-19(17)12-16)8-10-23(11-9-21)20(25)26-14-15-4-2-1-3-5-15/h1-7,12H,8-11,13-14H2. The normalized spacial score (nSPS) is 18.0. The van der Waals surface area contributed by atoms with Gasteiger partial charge < -0.3 is 14.4 Å². The Kier molecular flexibility index (Phi) is 4.56. The SMILES string of the molecule is O=C1CC2(CCN(C(=O)OCc3ccccc3)CC2)Oc2cc(F)ccc21. The second-order valence-corrected chi connectivity index (χ2v) is 7.05. The summed E-state index contributed by atoms with van der Waals surface area (Å²) >= 11 is 0. The highest BCUT2D eigenvalue weighted by Crippen LogP contribution is 2.39. The van der Waals surface area contributed by atoms with E-state index in [0.717, 1.165) is 5.56 Å². The molecule has 1 saturated heterocycles. The minimum absolute atomic E-state index is 0.0450. The van der Waals surface area contributed by atoms with Crippen LogP contribution in [-0.2, 0) is 11.3 Å². The van der Waals surface area contributed by atoms with Gasteiger partial charge in [-0.25, -0.2) is 9.18 Å². The number of hydrogen-bond donors (Lipinski definition) is 0. The maximum atomic E-state index is 13.5. The molecule has 0 radical (unpaired) electrons. The van der Waals surface area contributed by atoms with Crippen LogP contribution in [-0.4, -0.2) is 35.5 Å². The predicted molar refractivity (Wildman–Crippen MR) is 96.1 cm³/mol. The van der Waals surface area contributed by atoms with E-state index in [0.29, 0.717) is 37.2 Å². The van der Waals surface area contributed by atoms with Gasteiger partial charge in [0.2, 0.25) is 0 Å². The molecule has 0 saturated carbocycles. The molecule has 4 rings (SSSR count). The lowest BCUT2D eigenvalue weighted by atomic mass is 9.82. The predicted octanol–water partition coefficient (Wildman–Crippen LogP) is 3.96. The maximum Gasteiger partial charge on any atom is 0.410 e. The lowest BCUT2D eigenvalue weighted by Crippen LogP contribution is -2.52. The number of carbonyl (C=O) groups excluding carboxylic acids is 2. The van der Waals surface area contributed by atoms with Gasteiger partial charge in [0.15, 0.2) is 5.78 Å². The fourth-order valence-corrected chi connectivity index (χ4v) is 3.65. The smallest absolute Gasteiger partial charge is 0.410 e. The second kappa shape index (κ2) is 7.02. The van der Waals surface area contributed by atoms with Crippen LogP contribution in [0.3, 0.4) is 0 Å². The fourth-order valence-electron chi connectivity index (χ4n) is 3.65. The number of amides is 1. The molecule has 0 aromatic heterocycles. The summed E-state index contributed by atoms with van der Waals surface area (Å²) in [7, 11) is 0. The quantitative estimate of drug-likeness (QED) is 0.804. The first-order valence-corrected chi connectivity index (χ1v) is 9.02. The fraction of sp³-hybridized carbons (Fsp3) is 0.333. The number of benzene rings is 2. The van der Waals surface area contributed by atoms with Crippen molar-refractivity contribution in [3.8, 4) is 5.75 Å². The zero-order valence-electron chi connectivity index (χ0n) is 14.8. The molecule has 6 heteroatoms. The maximum absolute atomic E-state index is 13.5. The van der Waals surface area contributed by atoms with Crippen molar-refractivity contribution in [3.05, 3.63) is 65.5 Å². The van der Waals surface area contributed by atoms with E-state index in [-0.39, 0.29) is 24.9 Å². The van der Waals surface area contributed by atoms with E-state index >= 15 is 0 Å². The van der Waals surface area contributed by atoms with Gasteiger partial charge in [-0.3, -0.25) is 4.79 Å². The number of piperidine rings is 1. The highest BCUT2D eigenvalue weighted by molar-refractivity contribution is 6.00. The summed E-state index contributed by atoms with van der Waals surface area (Å²) in [5, 5.41) is 0. The van der Waals surface area contributed by atoms with Gasteiger partial charge in [-0.2, -0.15) is 0 Å². The van der Waals surface area contributed by atoms with Crippen molar-refractivity contribution in [2.75, 3.05) is 13.1 Å². The third-order valence-corrected chi connectivity index (χ3v) is 5.19. The average Bonchev–Trinajstić information content (AvgIpc) is 2.67. The zero-order chi connectivity index (χ0) is 18.9. The summed E-state index contributed by atoms with van der Waals surface area (Å²) in [6.07, 6.45) is 0.894. The lowest BCUT2D eigenvalue weighted by molar-refractivity contribution is -0.0100. The van der Waals surface area contributed by atoms with Crippen molar-refractivity contribution < 1.29 is 23.5 Å². The number of Topliss-reactive ketones (excluding diaryl/α,β-unsaturated/α-hetero) is 1. The molecule has 0 N–H and O–H groups in total. The van der Waals surface area contributed by atoms with Crippen molar-refractivity contribution >= 4 is 11.9 Å². The van der Waals surface area contributed by atoms with Crippen LogP contribution in [0.4, 0.5) is 9.18 Å². The number of halogens is 1. The van der Waals surface area contributed by atoms with E-state index in [2.05, 4.69) is 0 Å². The molecule has 2 aromatic carbocycles. The largest absolute Gasteiger partial charge is 0.486 e. The van der Waals surface area contributed by atoms with Gasteiger partial charge in [-0.15, -0.1) is 0 Å². The number of ether oxygens (including phenoxy) is 2. The van der Waals surface area contributed by atoms with Gasteiger partial charge in [-0.1, -0.05) is 30.3 Å². The van der Waals surface area contributed by atoms with Crippen LogP contribution in [0.5, 0.6) is 5.75 Å². The molecule has 0 unspecified atom stereocenters.